The molecule has 2 aliphatic heterocycles. The molecule has 2 heterocycles. The fourth-order valence-electron chi connectivity index (χ4n) is 3.33. The number of rotatable bonds is 1. The van der Waals surface area contributed by atoms with Crippen LogP contribution in [0.15, 0.2) is 58.5 Å². The maximum atomic E-state index is 13.2. The zero-order chi connectivity index (χ0) is 19.2. The zero-order valence-corrected chi connectivity index (χ0v) is 14.9. The SMILES string of the molecule is CC(=O)N1C(=O)[C@@]2(N=C(N)NC(Nc3cccc(C)c3)=N2)c2ccccc21. The minimum absolute atomic E-state index is 0.0358. The van der Waals surface area contributed by atoms with Gasteiger partial charge in [0.2, 0.25) is 11.9 Å². The number of fused-ring (bicyclic) bond motifs is 2. The maximum absolute atomic E-state index is 13.2. The molecule has 0 aliphatic carbocycles. The summed E-state index contributed by atoms with van der Waals surface area (Å²) in [6.07, 6.45) is 0. The first-order valence-electron chi connectivity index (χ1n) is 8.41. The van der Waals surface area contributed by atoms with Crippen LogP contribution >= 0.6 is 0 Å². The highest BCUT2D eigenvalue weighted by Crippen LogP contribution is 2.44. The number of anilines is 2. The second kappa shape index (κ2) is 5.94. The quantitative estimate of drug-likeness (QED) is 0.710. The van der Waals surface area contributed by atoms with Crippen LogP contribution in [-0.2, 0) is 15.3 Å². The summed E-state index contributed by atoms with van der Waals surface area (Å²) in [5.74, 6) is -0.639. The first-order valence-corrected chi connectivity index (χ1v) is 8.41. The van der Waals surface area contributed by atoms with Crippen LogP contribution in [0.25, 0.3) is 0 Å². The molecule has 8 nitrogen and oxygen atoms in total. The molecule has 0 unspecified atom stereocenters. The fourth-order valence-corrected chi connectivity index (χ4v) is 3.33. The summed E-state index contributed by atoms with van der Waals surface area (Å²) in [4.78, 5) is 35.1. The van der Waals surface area contributed by atoms with Crippen LogP contribution in [0, 0.1) is 6.92 Å². The Hall–Kier alpha value is -3.68. The van der Waals surface area contributed by atoms with Gasteiger partial charge in [-0.15, -0.1) is 0 Å². The van der Waals surface area contributed by atoms with E-state index in [1.807, 2.05) is 31.2 Å². The lowest BCUT2D eigenvalue weighted by atomic mass is 10.0. The molecule has 4 N–H and O–H groups in total. The molecular formula is C19H18N6O2. The van der Waals surface area contributed by atoms with Gasteiger partial charge in [0, 0.05) is 18.2 Å². The highest BCUT2D eigenvalue weighted by molar-refractivity contribution is 6.24. The number of amides is 2. The third-order valence-corrected chi connectivity index (χ3v) is 4.42. The molecule has 0 aromatic heterocycles. The van der Waals surface area contributed by atoms with Gasteiger partial charge in [0.15, 0.2) is 5.96 Å². The molecule has 136 valence electrons. The predicted molar refractivity (Wildman–Crippen MR) is 103 cm³/mol. The van der Waals surface area contributed by atoms with Gasteiger partial charge in [-0.2, -0.15) is 0 Å². The first-order chi connectivity index (χ1) is 12.9. The summed E-state index contributed by atoms with van der Waals surface area (Å²) in [6, 6.07) is 14.6. The summed E-state index contributed by atoms with van der Waals surface area (Å²) in [5, 5.41) is 5.96. The molecule has 0 fully saturated rings. The Kier molecular flexibility index (Phi) is 3.69. The van der Waals surface area contributed by atoms with Crippen LogP contribution in [0.5, 0.6) is 0 Å². The van der Waals surface area contributed by atoms with Gasteiger partial charge in [-0.25, -0.2) is 14.9 Å². The maximum Gasteiger partial charge on any atom is 0.289 e. The van der Waals surface area contributed by atoms with Gasteiger partial charge in [-0.3, -0.25) is 14.9 Å². The highest BCUT2D eigenvalue weighted by Gasteiger charge is 2.54. The number of para-hydroxylation sites is 1. The van der Waals surface area contributed by atoms with Crippen LogP contribution in [0.3, 0.4) is 0 Å². The molecule has 0 radical (unpaired) electrons. The van der Waals surface area contributed by atoms with Crippen LogP contribution in [-0.4, -0.2) is 23.7 Å². The van der Waals surface area contributed by atoms with Crippen molar-refractivity contribution in [3.05, 3.63) is 59.7 Å². The molecule has 8 heteroatoms. The van der Waals surface area contributed by atoms with Crippen LogP contribution in [0.2, 0.25) is 0 Å². The molecule has 0 saturated carbocycles. The number of imide groups is 1. The number of aryl methyl sites for hydroxylation is 1. The van der Waals surface area contributed by atoms with Crippen molar-refractivity contribution in [2.45, 2.75) is 19.5 Å². The van der Waals surface area contributed by atoms with E-state index in [0.717, 1.165) is 16.2 Å². The van der Waals surface area contributed by atoms with Crippen LogP contribution in [0.1, 0.15) is 18.1 Å². The molecule has 4 rings (SSSR count). The summed E-state index contributed by atoms with van der Waals surface area (Å²) < 4.78 is 0. The monoisotopic (exact) mass is 362 g/mol. The number of nitrogens with one attached hydrogen (secondary N) is 2. The lowest BCUT2D eigenvalue weighted by Crippen LogP contribution is -2.51. The van der Waals surface area contributed by atoms with E-state index in [0.29, 0.717) is 11.3 Å². The molecule has 2 aromatic carbocycles. The van der Waals surface area contributed by atoms with Crippen molar-refractivity contribution >= 4 is 35.1 Å². The third kappa shape index (κ3) is 2.62. The second-order valence-corrected chi connectivity index (χ2v) is 6.43. The van der Waals surface area contributed by atoms with Crippen molar-refractivity contribution in [1.29, 1.82) is 0 Å². The average molecular weight is 362 g/mol. The molecule has 0 saturated heterocycles. The summed E-state index contributed by atoms with van der Waals surface area (Å²) in [7, 11) is 0. The summed E-state index contributed by atoms with van der Waals surface area (Å²) in [5.41, 5.74) is 7.18. The largest absolute Gasteiger partial charge is 0.370 e. The van der Waals surface area contributed by atoms with E-state index in [9.17, 15) is 9.59 Å². The van der Waals surface area contributed by atoms with Crippen molar-refractivity contribution in [2.75, 3.05) is 10.2 Å². The van der Waals surface area contributed by atoms with E-state index in [1.54, 1.807) is 24.3 Å². The Morgan fingerprint density at radius 1 is 1.19 bits per heavy atom. The molecule has 2 aliphatic rings. The third-order valence-electron chi connectivity index (χ3n) is 4.42. The first kappa shape index (κ1) is 16.8. The number of carbonyl (C=O) groups is 2. The average Bonchev–Trinajstić information content (AvgIpc) is 2.83. The molecular weight excluding hydrogens is 344 g/mol. The van der Waals surface area contributed by atoms with E-state index in [4.69, 9.17) is 5.73 Å². The Balaban J connectivity index is 1.83. The van der Waals surface area contributed by atoms with Gasteiger partial charge in [0.1, 0.15) is 0 Å². The Labute approximate surface area is 155 Å². The van der Waals surface area contributed by atoms with E-state index >= 15 is 0 Å². The Bertz CT molecular complexity index is 1030. The van der Waals surface area contributed by atoms with E-state index in [-0.39, 0.29) is 11.9 Å². The number of guanidine groups is 2. The predicted octanol–water partition coefficient (Wildman–Crippen LogP) is 1.43. The van der Waals surface area contributed by atoms with Crippen molar-refractivity contribution < 1.29 is 9.59 Å². The van der Waals surface area contributed by atoms with Gasteiger partial charge < -0.3 is 11.1 Å². The van der Waals surface area contributed by atoms with Crippen molar-refractivity contribution in [3.8, 4) is 0 Å². The van der Waals surface area contributed by atoms with Crippen molar-refractivity contribution in [3.63, 3.8) is 0 Å². The van der Waals surface area contributed by atoms with Gasteiger partial charge in [0.25, 0.3) is 11.6 Å². The lowest BCUT2D eigenvalue weighted by Gasteiger charge is -2.27. The number of hydrogen-bond donors (Lipinski definition) is 3. The molecule has 2 aromatic rings. The normalized spacial score (nSPS) is 20.7. The van der Waals surface area contributed by atoms with Gasteiger partial charge in [-0.1, -0.05) is 30.3 Å². The standard InChI is InChI=1S/C19H18N6O2/c1-11-6-5-7-13(10-11)21-18-22-17(20)23-19(24-18)14-8-3-4-9-15(14)25(12(2)26)16(19)27/h3-10H,1-2H3,(H4,20,21,22,23,24)/t19-/m1/s1. The van der Waals surface area contributed by atoms with Crippen molar-refractivity contribution in [1.82, 2.24) is 5.32 Å². The minimum Gasteiger partial charge on any atom is -0.370 e. The second-order valence-electron chi connectivity index (χ2n) is 6.43. The number of hydrogen-bond acceptors (Lipinski definition) is 7. The fraction of sp³-hybridized carbons (Fsp3) is 0.158. The van der Waals surface area contributed by atoms with Gasteiger partial charge in [-0.05, 0) is 30.7 Å². The summed E-state index contributed by atoms with van der Waals surface area (Å²) >= 11 is 0. The summed E-state index contributed by atoms with van der Waals surface area (Å²) in [6.45, 7) is 3.30. The molecule has 1 atom stereocenters. The Morgan fingerprint density at radius 2 is 1.96 bits per heavy atom. The van der Waals surface area contributed by atoms with E-state index < -0.39 is 17.5 Å². The molecule has 27 heavy (non-hydrogen) atoms. The number of nitrogens with zero attached hydrogens (tertiary/aromatic N) is 3. The number of carbonyl (C=O) groups excluding carboxylic acids is 2. The van der Waals surface area contributed by atoms with E-state index in [2.05, 4.69) is 20.6 Å². The zero-order valence-electron chi connectivity index (χ0n) is 14.9. The molecule has 2 amide bonds. The molecule has 1 spiro atoms. The molecule has 0 bridgehead atoms. The minimum atomic E-state index is -1.62. The van der Waals surface area contributed by atoms with Crippen LogP contribution in [0.4, 0.5) is 11.4 Å². The van der Waals surface area contributed by atoms with Gasteiger partial charge >= 0.3 is 0 Å². The van der Waals surface area contributed by atoms with Crippen LogP contribution < -0.4 is 21.3 Å². The lowest BCUT2D eigenvalue weighted by molar-refractivity contribution is -0.127. The van der Waals surface area contributed by atoms with Crippen molar-refractivity contribution in [2.24, 2.45) is 15.7 Å². The smallest absolute Gasteiger partial charge is 0.289 e. The number of aliphatic imine (C=N–C) groups is 2. The Morgan fingerprint density at radius 3 is 2.70 bits per heavy atom. The number of benzene rings is 2. The van der Waals surface area contributed by atoms with Gasteiger partial charge in [0.05, 0.1) is 5.69 Å². The topological polar surface area (TPSA) is 112 Å². The number of nitrogens with two attached hydrogens (primary N) is 1. The highest BCUT2D eigenvalue weighted by atomic mass is 16.2. The van der Waals surface area contributed by atoms with E-state index in [1.165, 1.54) is 6.92 Å².